The lowest BCUT2D eigenvalue weighted by molar-refractivity contribution is -0.110. The van der Waals surface area contributed by atoms with E-state index in [1.54, 1.807) is 0 Å². The normalized spacial score (nSPS) is 15.6. The van der Waals surface area contributed by atoms with Crippen molar-refractivity contribution in [1.82, 2.24) is 0 Å². The number of carbonyl (C=O) groups is 1. The second kappa shape index (κ2) is 4.57. The molecule has 0 saturated heterocycles. The Morgan fingerprint density at radius 1 is 1.00 bits per heavy atom. The van der Waals surface area contributed by atoms with Gasteiger partial charge < -0.3 is 5.32 Å². The van der Waals surface area contributed by atoms with Gasteiger partial charge in [0.05, 0.1) is 0 Å². The van der Waals surface area contributed by atoms with Gasteiger partial charge in [0.2, 0.25) is 0 Å². The molecule has 1 aliphatic rings. The van der Waals surface area contributed by atoms with Crippen LogP contribution in [0.2, 0.25) is 0 Å². The van der Waals surface area contributed by atoms with Crippen LogP contribution in [0, 0.1) is 3.57 Å². The molecule has 2 aromatic rings. The average molecular weight is 347 g/mol. The van der Waals surface area contributed by atoms with Crippen molar-refractivity contribution in [3.8, 4) is 0 Å². The minimum Gasteiger partial charge on any atom is -0.321 e. The number of amides is 1. The van der Waals surface area contributed by atoms with Gasteiger partial charge in [-0.1, -0.05) is 36.4 Å². The van der Waals surface area contributed by atoms with Gasteiger partial charge in [0.25, 0.3) is 5.91 Å². The fourth-order valence-electron chi connectivity index (χ4n) is 2.03. The Kier molecular flexibility index (Phi) is 2.91. The molecule has 3 rings (SSSR count). The first kappa shape index (κ1) is 11.5. The maximum atomic E-state index is 12.0. The van der Waals surface area contributed by atoms with Crippen molar-refractivity contribution in [3.63, 3.8) is 0 Å². The van der Waals surface area contributed by atoms with Gasteiger partial charge in [0, 0.05) is 20.4 Å². The highest BCUT2D eigenvalue weighted by Crippen LogP contribution is 2.33. The highest BCUT2D eigenvalue weighted by molar-refractivity contribution is 14.1. The third-order valence-corrected chi connectivity index (χ3v) is 3.90. The fraction of sp³-hybridized carbons (Fsp3) is 0. The lowest BCUT2D eigenvalue weighted by Gasteiger charge is -2.00. The standard InChI is InChI=1S/C15H10INO/c16-13-7-3-1-5-10(13)9-12-11-6-2-4-8-14(11)17-15(12)18/h1-9H,(H,17,18). The summed E-state index contributed by atoms with van der Waals surface area (Å²) in [5.41, 5.74) is 3.66. The summed E-state index contributed by atoms with van der Waals surface area (Å²) in [5, 5.41) is 2.88. The van der Waals surface area contributed by atoms with Gasteiger partial charge in [-0.2, -0.15) is 0 Å². The molecule has 0 saturated carbocycles. The Labute approximate surface area is 119 Å². The predicted molar refractivity (Wildman–Crippen MR) is 82.1 cm³/mol. The zero-order valence-corrected chi connectivity index (χ0v) is 11.6. The van der Waals surface area contributed by atoms with Crippen LogP contribution in [0.5, 0.6) is 0 Å². The quantitative estimate of drug-likeness (QED) is 0.617. The summed E-state index contributed by atoms with van der Waals surface area (Å²) in [6.07, 6.45) is 1.95. The van der Waals surface area contributed by atoms with Gasteiger partial charge in [-0.05, 0) is 46.4 Å². The Hall–Kier alpha value is -1.62. The van der Waals surface area contributed by atoms with E-state index in [-0.39, 0.29) is 5.91 Å². The zero-order chi connectivity index (χ0) is 12.5. The molecule has 88 valence electrons. The highest BCUT2D eigenvalue weighted by atomic mass is 127. The van der Waals surface area contributed by atoms with E-state index in [4.69, 9.17) is 0 Å². The van der Waals surface area contributed by atoms with Crippen molar-refractivity contribution in [2.24, 2.45) is 0 Å². The van der Waals surface area contributed by atoms with Crippen molar-refractivity contribution < 1.29 is 4.79 Å². The van der Waals surface area contributed by atoms with Gasteiger partial charge >= 0.3 is 0 Å². The van der Waals surface area contributed by atoms with E-state index in [1.165, 1.54) is 0 Å². The number of fused-ring (bicyclic) bond motifs is 1. The number of carbonyl (C=O) groups excluding carboxylic acids is 1. The lowest BCUT2D eigenvalue weighted by atomic mass is 10.0. The molecule has 0 atom stereocenters. The van der Waals surface area contributed by atoms with E-state index in [9.17, 15) is 4.79 Å². The molecule has 0 unspecified atom stereocenters. The van der Waals surface area contributed by atoms with Crippen LogP contribution in [0.25, 0.3) is 11.6 Å². The first-order chi connectivity index (χ1) is 8.75. The van der Waals surface area contributed by atoms with Crippen molar-refractivity contribution in [3.05, 3.63) is 63.2 Å². The molecule has 2 nitrogen and oxygen atoms in total. The molecule has 0 fully saturated rings. The van der Waals surface area contributed by atoms with Gasteiger partial charge in [-0.25, -0.2) is 0 Å². The summed E-state index contributed by atoms with van der Waals surface area (Å²) in [7, 11) is 0. The molecule has 1 N–H and O–H groups in total. The van der Waals surface area contributed by atoms with Gasteiger partial charge in [0.15, 0.2) is 0 Å². The molecule has 1 aliphatic heterocycles. The summed E-state index contributed by atoms with van der Waals surface area (Å²) < 4.78 is 1.14. The molecule has 3 heteroatoms. The number of para-hydroxylation sites is 1. The molecule has 0 aromatic heterocycles. The highest BCUT2D eigenvalue weighted by Gasteiger charge is 2.23. The smallest absolute Gasteiger partial charge is 0.256 e. The molecule has 2 aromatic carbocycles. The lowest BCUT2D eigenvalue weighted by Crippen LogP contribution is -2.03. The number of rotatable bonds is 1. The first-order valence-corrected chi connectivity index (χ1v) is 6.70. The maximum absolute atomic E-state index is 12.0. The molecule has 0 spiro atoms. The number of hydrogen-bond acceptors (Lipinski definition) is 1. The largest absolute Gasteiger partial charge is 0.321 e. The fourth-order valence-corrected chi connectivity index (χ4v) is 2.57. The Bertz CT molecular complexity index is 661. The van der Waals surface area contributed by atoms with Crippen molar-refractivity contribution in [1.29, 1.82) is 0 Å². The molecular formula is C15H10INO. The Morgan fingerprint density at radius 3 is 2.56 bits per heavy atom. The van der Waals surface area contributed by atoms with Crippen LogP contribution in [0.4, 0.5) is 5.69 Å². The second-order valence-electron chi connectivity index (χ2n) is 4.08. The third kappa shape index (κ3) is 1.95. The number of halogens is 1. The summed E-state index contributed by atoms with van der Waals surface area (Å²) in [5.74, 6) is -0.0316. The third-order valence-electron chi connectivity index (χ3n) is 2.92. The molecular weight excluding hydrogens is 337 g/mol. The summed E-state index contributed by atoms with van der Waals surface area (Å²) in [6, 6.07) is 15.8. The first-order valence-electron chi connectivity index (χ1n) is 5.63. The Morgan fingerprint density at radius 2 is 1.72 bits per heavy atom. The molecule has 0 radical (unpaired) electrons. The summed E-state index contributed by atoms with van der Waals surface area (Å²) >= 11 is 2.28. The van der Waals surface area contributed by atoms with Crippen LogP contribution in [0.15, 0.2) is 48.5 Å². The van der Waals surface area contributed by atoms with Crippen LogP contribution < -0.4 is 5.32 Å². The van der Waals surface area contributed by atoms with Crippen molar-refractivity contribution in [2.45, 2.75) is 0 Å². The number of anilines is 1. The maximum Gasteiger partial charge on any atom is 0.256 e. The molecule has 0 bridgehead atoms. The van der Waals surface area contributed by atoms with Crippen molar-refractivity contribution in [2.75, 3.05) is 5.32 Å². The summed E-state index contributed by atoms with van der Waals surface area (Å²) in [4.78, 5) is 12.0. The Balaban J connectivity index is 2.13. The van der Waals surface area contributed by atoms with E-state index >= 15 is 0 Å². The topological polar surface area (TPSA) is 29.1 Å². The minimum atomic E-state index is -0.0316. The van der Waals surface area contributed by atoms with Crippen LogP contribution in [-0.2, 0) is 4.79 Å². The molecule has 1 heterocycles. The SMILES string of the molecule is O=C1Nc2ccccc2C1=Cc1ccccc1I. The van der Waals surface area contributed by atoms with Crippen LogP contribution in [-0.4, -0.2) is 5.91 Å². The van der Waals surface area contributed by atoms with Gasteiger partial charge in [-0.3, -0.25) is 4.79 Å². The molecule has 1 amide bonds. The van der Waals surface area contributed by atoms with Crippen LogP contribution in [0.3, 0.4) is 0 Å². The average Bonchev–Trinajstić information content (AvgIpc) is 2.69. The van der Waals surface area contributed by atoms with E-state index in [0.29, 0.717) is 0 Å². The zero-order valence-electron chi connectivity index (χ0n) is 9.48. The van der Waals surface area contributed by atoms with E-state index in [2.05, 4.69) is 27.9 Å². The van der Waals surface area contributed by atoms with Gasteiger partial charge in [-0.15, -0.1) is 0 Å². The molecule has 0 aliphatic carbocycles. The monoisotopic (exact) mass is 347 g/mol. The predicted octanol–water partition coefficient (Wildman–Crippen LogP) is 3.78. The number of hydrogen-bond donors (Lipinski definition) is 1. The van der Waals surface area contributed by atoms with Crippen molar-refractivity contribution >= 4 is 45.8 Å². The number of nitrogens with one attached hydrogen (secondary N) is 1. The van der Waals surface area contributed by atoms with Gasteiger partial charge in [0.1, 0.15) is 0 Å². The second-order valence-corrected chi connectivity index (χ2v) is 5.24. The van der Waals surface area contributed by atoms with E-state index in [1.807, 2.05) is 54.6 Å². The van der Waals surface area contributed by atoms with Crippen LogP contribution >= 0.6 is 22.6 Å². The van der Waals surface area contributed by atoms with E-state index < -0.39 is 0 Å². The van der Waals surface area contributed by atoms with E-state index in [0.717, 1.165) is 26.0 Å². The molecule has 18 heavy (non-hydrogen) atoms. The van der Waals surface area contributed by atoms with Crippen LogP contribution in [0.1, 0.15) is 11.1 Å². The summed E-state index contributed by atoms with van der Waals surface area (Å²) in [6.45, 7) is 0. The minimum absolute atomic E-state index is 0.0316. The number of benzene rings is 2.